The molecule has 0 unspecified atom stereocenters. The molecule has 10 nitrogen and oxygen atoms in total. The number of thioether (sulfide) groups is 1. The number of carboxylic acid groups (broad SMARTS) is 1. The summed E-state index contributed by atoms with van der Waals surface area (Å²) in [6.07, 6.45) is 2.37. The molecule has 1 fully saturated rings. The second kappa shape index (κ2) is 13.3. The number of aromatic amines is 1. The summed E-state index contributed by atoms with van der Waals surface area (Å²) in [6.45, 7) is -0.0218. The van der Waals surface area contributed by atoms with Crippen LogP contribution in [0.3, 0.4) is 0 Å². The molecule has 2 aromatic carbocycles. The highest BCUT2D eigenvalue weighted by molar-refractivity contribution is 7.99. The third-order valence-electron chi connectivity index (χ3n) is 5.90. The van der Waals surface area contributed by atoms with Crippen LogP contribution >= 0.6 is 11.8 Å². The zero-order chi connectivity index (χ0) is 26.0. The van der Waals surface area contributed by atoms with Gasteiger partial charge >= 0.3 is 5.97 Å². The molecule has 11 heteroatoms. The second-order valence-corrected chi connectivity index (χ2v) is 9.73. The Kier molecular flexibility index (Phi) is 9.66. The third kappa shape index (κ3) is 8.12. The molecule has 2 heterocycles. The molecule has 37 heavy (non-hydrogen) atoms. The van der Waals surface area contributed by atoms with Crippen molar-refractivity contribution in [2.45, 2.75) is 62.4 Å². The number of anilines is 1. The van der Waals surface area contributed by atoms with E-state index in [1.165, 1.54) is 18.1 Å². The maximum atomic E-state index is 12.3. The minimum Gasteiger partial charge on any atom is -0.481 e. The minimum atomic E-state index is -0.860. The number of nitrogens with one attached hydrogen (secondary N) is 2. The number of benzene rings is 2. The summed E-state index contributed by atoms with van der Waals surface area (Å²) in [5.41, 5.74) is 3.21. The van der Waals surface area contributed by atoms with Crippen LogP contribution in [0.1, 0.15) is 61.2 Å². The van der Waals surface area contributed by atoms with Crippen molar-refractivity contribution in [2.75, 3.05) is 11.1 Å². The van der Waals surface area contributed by atoms with Gasteiger partial charge in [-0.2, -0.15) is 5.10 Å². The third-order valence-corrected chi connectivity index (χ3v) is 6.91. The van der Waals surface area contributed by atoms with E-state index >= 15 is 0 Å². The highest BCUT2D eigenvalue weighted by atomic mass is 32.2. The van der Waals surface area contributed by atoms with Gasteiger partial charge in [-0.05, 0) is 36.1 Å². The number of ether oxygens (including phenoxy) is 2. The summed E-state index contributed by atoms with van der Waals surface area (Å²) in [5.74, 6) is -0.385. The summed E-state index contributed by atoms with van der Waals surface area (Å²) in [4.78, 5) is 27.1. The molecule has 3 atom stereocenters. The van der Waals surface area contributed by atoms with Crippen LogP contribution in [0, 0.1) is 0 Å². The van der Waals surface area contributed by atoms with Gasteiger partial charge in [0.1, 0.15) is 6.33 Å². The lowest BCUT2D eigenvalue weighted by Crippen LogP contribution is -2.31. The van der Waals surface area contributed by atoms with Crippen molar-refractivity contribution in [1.82, 2.24) is 15.2 Å². The zero-order valence-corrected chi connectivity index (χ0v) is 21.0. The normalized spacial score (nSPS) is 19.4. The van der Waals surface area contributed by atoms with Gasteiger partial charge < -0.3 is 25.0 Å². The summed E-state index contributed by atoms with van der Waals surface area (Å²) in [5, 5.41) is 28.4. The van der Waals surface area contributed by atoms with Crippen molar-refractivity contribution in [3.05, 3.63) is 71.5 Å². The largest absolute Gasteiger partial charge is 0.481 e. The average Bonchev–Trinajstić information content (AvgIpc) is 3.44. The Bertz CT molecular complexity index is 1160. The van der Waals surface area contributed by atoms with Crippen molar-refractivity contribution in [1.29, 1.82) is 0 Å². The first-order valence-corrected chi connectivity index (χ1v) is 13.1. The van der Waals surface area contributed by atoms with Crippen LogP contribution in [-0.2, 0) is 25.7 Å². The smallest absolute Gasteiger partial charge is 0.303 e. The number of hydrogen-bond acceptors (Lipinski definition) is 8. The van der Waals surface area contributed by atoms with Crippen LogP contribution < -0.4 is 5.32 Å². The summed E-state index contributed by atoms with van der Waals surface area (Å²) >= 11 is 1.52. The standard InChI is InChI=1S/C26H30N4O6S/c31-14-17-8-10-18(11-9-17)22-13-21(15-37-26-27-16-28-30-26)35-25(36-22)19-4-3-5-20(12-19)29-23(32)6-1-2-7-24(33)34/h3-5,8-12,16,21-22,25,31H,1-2,6-7,13-15H2,(H,29,32)(H,33,34)(H,27,28,30)/t21-,22+,25+/m0/s1. The van der Waals surface area contributed by atoms with Crippen molar-refractivity contribution >= 4 is 29.3 Å². The van der Waals surface area contributed by atoms with Gasteiger partial charge in [-0.1, -0.05) is 48.2 Å². The van der Waals surface area contributed by atoms with Crippen molar-refractivity contribution < 1.29 is 29.3 Å². The molecular formula is C26H30N4O6S. The van der Waals surface area contributed by atoms with Crippen molar-refractivity contribution in [3.63, 3.8) is 0 Å². The fraction of sp³-hybridized carbons (Fsp3) is 0.385. The first-order chi connectivity index (χ1) is 18.0. The predicted molar refractivity (Wildman–Crippen MR) is 137 cm³/mol. The molecule has 0 bridgehead atoms. The Hall–Kier alpha value is -3.25. The molecule has 0 saturated carbocycles. The first kappa shape index (κ1) is 26.8. The Morgan fingerprint density at radius 3 is 2.62 bits per heavy atom. The van der Waals surface area contributed by atoms with Crippen LogP contribution in [0.5, 0.6) is 0 Å². The van der Waals surface area contributed by atoms with Crippen LogP contribution in [-0.4, -0.2) is 49.1 Å². The number of H-pyrrole nitrogens is 1. The number of hydrogen-bond donors (Lipinski definition) is 4. The molecular weight excluding hydrogens is 496 g/mol. The van der Waals surface area contributed by atoms with E-state index in [0.717, 1.165) is 16.7 Å². The zero-order valence-electron chi connectivity index (χ0n) is 20.2. The number of aromatic nitrogens is 3. The van der Waals surface area contributed by atoms with Crippen LogP contribution in [0.4, 0.5) is 5.69 Å². The van der Waals surface area contributed by atoms with E-state index in [2.05, 4.69) is 20.5 Å². The maximum absolute atomic E-state index is 12.3. The van der Waals surface area contributed by atoms with Gasteiger partial charge in [-0.3, -0.25) is 14.7 Å². The first-order valence-electron chi connectivity index (χ1n) is 12.1. The van der Waals surface area contributed by atoms with Gasteiger partial charge in [0.05, 0.1) is 18.8 Å². The molecule has 3 aromatic rings. The fourth-order valence-electron chi connectivity index (χ4n) is 4.01. The summed E-state index contributed by atoms with van der Waals surface area (Å²) in [6, 6.07) is 15.0. The van der Waals surface area contributed by atoms with E-state index in [-0.39, 0.29) is 37.6 Å². The van der Waals surface area contributed by atoms with E-state index in [1.54, 1.807) is 6.07 Å². The molecule has 196 valence electrons. The Morgan fingerprint density at radius 2 is 1.89 bits per heavy atom. The number of nitrogens with zero attached hydrogens (tertiary/aromatic N) is 2. The van der Waals surface area contributed by atoms with Gasteiger partial charge in [0.2, 0.25) is 5.91 Å². The Labute approximate surface area is 218 Å². The van der Waals surface area contributed by atoms with Crippen molar-refractivity contribution in [2.24, 2.45) is 0 Å². The van der Waals surface area contributed by atoms with Crippen molar-refractivity contribution in [3.8, 4) is 0 Å². The van der Waals surface area contributed by atoms with E-state index in [0.29, 0.717) is 35.9 Å². The van der Waals surface area contributed by atoms with Gasteiger partial charge in [0.25, 0.3) is 0 Å². The average molecular weight is 527 g/mol. The lowest BCUT2D eigenvalue weighted by atomic mass is 10.0. The SMILES string of the molecule is O=C(O)CCCCC(=O)Nc1cccc([C@@H]2O[C@H](CSc3ncn[nH]3)C[C@H](c3ccc(CO)cc3)O2)c1. The molecule has 0 spiro atoms. The quantitative estimate of drug-likeness (QED) is 0.201. The Balaban J connectivity index is 1.44. The van der Waals surface area contributed by atoms with E-state index in [4.69, 9.17) is 14.6 Å². The summed E-state index contributed by atoms with van der Waals surface area (Å²) < 4.78 is 12.7. The topological polar surface area (TPSA) is 147 Å². The molecule has 1 amide bonds. The molecule has 0 aliphatic carbocycles. The second-order valence-electron chi connectivity index (χ2n) is 8.73. The number of unbranched alkanes of at least 4 members (excludes halogenated alkanes) is 1. The van der Waals surface area contributed by atoms with E-state index in [1.807, 2.05) is 42.5 Å². The molecule has 1 aromatic heterocycles. The van der Waals surface area contributed by atoms with E-state index in [9.17, 15) is 14.7 Å². The lowest BCUT2D eigenvalue weighted by Gasteiger charge is -2.36. The molecule has 1 aliphatic rings. The maximum Gasteiger partial charge on any atom is 0.303 e. The van der Waals surface area contributed by atoms with Gasteiger partial charge in [-0.15, -0.1) is 0 Å². The highest BCUT2D eigenvalue weighted by Gasteiger charge is 2.32. The number of aliphatic hydroxyl groups excluding tert-OH is 1. The molecule has 1 saturated heterocycles. The van der Waals surface area contributed by atoms with Gasteiger partial charge in [-0.25, -0.2) is 4.98 Å². The highest BCUT2D eigenvalue weighted by Crippen LogP contribution is 2.39. The van der Waals surface area contributed by atoms with Gasteiger partial charge in [0, 0.05) is 36.3 Å². The van der Waals surface area contributed by atoms with Gasteiger partial charge in [0.15, 0.2) is 11.4 Å². The molecule has 0 radical (unpaired) electrons. The molecule has 4 N–H and O–H groups in total. The lowest BCUT2D eigenvalue weighted by molar-refractivity contribution is -0.245. The molecule has 1 aliphatic heterocycles. The Morgan fingerprint density at radius 1 is 1.08 bits per heavy atom. The van der Waals surface area contributed by atoms with Crippen LogP contribution in [0.25, 0.3) is 0 Å². The number of amides is 1. The summed E-state index contributed by atoms with van der Waals surface area (Å²) in [7, 11) is 0. The molecule has 4 rings (SSSR count). The van der Waals surface area contributed by atoms with E-state index < -0.39 is 12.3 Å². The van der Waals surface area contributed by atoms with Crippen LogP contribution in [0.15, 0.2) is 60.0 Å². The number of carbonyl (C=O) groups excluding carboxylic acids is 1. The predicted octanol–water partition coefficient (Wildman–Crippen LogP) is 4.22. The monoisotopic (exact) mass is 526 g/mol. The fourth-order valence-corrected chi connectivity index (χ4v) is 4.80. The number of aliphatic carboxylic acids is 1. The number of carbonyl (C=O) groups is 2. The number of rotatable bonds is 12. The van der Waals surface area contributed by atoms with Crippen LogP contribution in [0.2, 0.25) is 0 Å². The number of carboxylic acids is 1. The number of aliphatic hydroxyl groups is 1. The minimum absolute atomic E-state index is 0.0218.